The molecule has 0 atom stereocenters. The molecule has 0 N–H and O–H groups in total. The standard InChI is InChI=1S/C13H19IO/c1-3-10-15-13-9-8-12(14)7-5-4-6-11(13)2/h8-9H,2-7,10H2,1H3/b12-8+,13-9+. The third-order valence-corrected chi connectivity index (χ3v) is 3.27. The molecule has 1 nitrogen and oxygen atoms in total. The zero-order valence-corrected chi connectivity index (χ0v) is 11.5. The summed E-state index contributed by atoms with van der Waals surface area (Å²) in [6.45, 7) is 7.00. The third kappa shape index (κ3) is 4.87. The van der Waals surface area contributed by atoms with Crippen LogP contribution >= 0.6 is 22.6 Å². The fraction of sp³-hybridized carbons (Fsp3) is 0.538. The molecule has 15 heavy (non-hydrogen) atoms. The summed E-state index contributed by atoms with van der Waals surface area (Å²) in [5, 5.41) is 0. The minimum Gasteiger partial charge on any atom is -0.493 e. The van der Waals surface area contributed by atoms with E-state index in [1.807, 2.05) is 0 Å². The molecule has 1 aliphatic carbocycles. The molecule has 0 saturated carbocycles. The summed E-state index contributed by atoms with van der Waals surface area (Å²) in [4.78, 5) is 0. The molecule has 1 rings (SSSR count). The van der Waals surface area contributed by atoms with Gasteiger partial charge < -0.3 is 4.74 Å². The van der Waals surface area contributed by atoms with E-state index in [-0.39, 0.29) is 0 Å². The van der Waals surface area contributed by atoms with Crippen LogP contribution in [0, 0.1) is 0 Å². The monoisotopic (exact) mass is 318 g/mol. The van der Waals surface area contributed by atoms with Crippen LogP contribution in [0.1, 0.15) is 39.0 Å². The van der Waals surface area contributed by atoms with Crippen LogP contribution in [0.2, 0.25) is 0 Å². The van der Waals surface area contributed by atoms with E-state index in [1.54, 1.807) is 0 Å². The van der Waals surface area contributed by atoms with Crippen LogP contribution < -0.4 is 0 Å². The number of allylic oxidation sites excluding steroid dienone is 4. The Morgan fingerprint density at radius 3 is 2.80 bits per heavy atom. The van der Waals surface area contributed by atoms with Crippen molar-refractivity contribution in [1.82, 2.24) is 0 Å². The van der Waals surface area contributed by atoms with Crippen LogP contribution in [0.15, 0.2) is 33.6 Å². The van der Waals surface area contributed by atoms with Crippen LogP contribution in [-0.4, -0.2) is 6.61 Å². The van der Waals surface area contributed by atoms with Crippen LogP contribution in [0.25, 0.3) is 0 Å². The normalized spacial score (nSPS) is 25.3. The molecule has 0 fully saturated rings. The Morgan fingerprint density at radius 1 is 1.33 bits per heavy atom. The summed E-state index contributed by atoms with van der Waals surface area (Å²) >= 11 is 2.40. The molecule has 0 aliphatic heterocycles. The second-order valence-corrected chi connectivity index (χ2v) is 5.19. The summed E-state index contributed by atoms with van der Waals surface area (Å²) in [6, 6.07) is 0. The quantitative estimate of drug-likeness (QED) is 0.683. The lowest BCUT2D eigenvalue weighted by Crippen LogP contribution is -1.96. The molecule has 1 aliphatic rings. The second kappa shape index (κ2) is 7.09. The first-order valence-electron chi connectivity index (χ1n) is 5.61. The molecule has 0 spiro atoms. The first-order valence-corrected chi connectivity index (χ1v) is 6.69. The fourth-order valence-electron chi connectivity index (χ4n) is 1.48. The Morgan fingerprint density at radius 2 is 2.07 bits per heavy atom. The van der Waals surface area contributed by atoms with Gasteiger partial charge in [-0.25, -0.2) is 0 Å². The van der Waals surface area contributed by atoms with Crippen LogP contribution in [0.5, 0.6) is 0 Å². The van der Waals surface area contributed by atoms with Gasteiger partial charge in [-0.15, -0.1) is 0 Å². The maximum absolute atomic E-state index is 5.70. The third-order valence-electron chi connectivity index (χ3n) is 2.37. The highest BCUT2D eigenvalue weighted by molar-refractivity contribution is 14.1. The van der Waals surface area contributed by atoms with Gasteiger partial charge in [0.1, 0.15) is 5.76 Å². The Labute approximate surface area is 106 Å². The van der Waals surface area contributed by atoms with E-state index in [4.69, 9.17) is 4.74 Å². The molecule has 0 heterocycles. The van der Waals surface area contributed by atoms with Gasteiger partial charge in [0, 0.05) is 0 Å². The smallest absolute Gasteiger partial charge is 0.121 e. The van der Waals surface area contributed by atoms with Crippen molar-refractivity contribution in [3.63, 3.8) is 0 Å². The number of halogens is 1. The van der Waals surface area contributed by atoms with E-state index in [2.05, 4.69) is 48.2 Å². The number of hydrogen-bond donors (Lipinski definition) is 0. The number of rotatable bonds is 3. The van der Waals surface area contributed by atoms with Crippen LogP contribution in [-0.2, 0) is 4.74 Å². The molecule has 0 saturated heterocycles. The van der Waals surface area contributed by atoms with Gasteiger partial charge >= 0.3 is 0 Å². The predicted octanol–water partition coefficient (Wildman–Crippen LogP) is 4.75. The van der Waals surface area contributed by atoms with Gasteiger partial charge in [-0.3, -0.25) is 0 Å². The van der Waals surface area contributed by atoms with Crippen molar-refractivity contribution in [3.8, 4) is 0 Å². The molecular weight excluding hydrogens is 299 g/mol. The average molecular weight is 318 g/mol. The Bertz CT molecular complexity index is 276. The Kier molecular flexibility index (Phi) is 6.06. The fourth-order valence-corrected chi connectivity index (χ4v) is 2.05. The lowest BCUT2D eigenvalue weighted by atomic mass is 10.1. The molecule has 0 aromatic heterocycles. The van der Waals surface area contributed by atoms with E-state index in [9.17, 15) is 0 Å². The minimum absolute atomic E-state index is 0.787. The molecular formula is C13H19IO. The van der Waals surface area contributed by atoms with Crippen LogP contribution in [0.4, 0.5) is 0 Å². The lowest BCUT2D eigenvalue weighted by molar-refractivity contribution is 0.219. The SMILES string of the molecule is C=C1CCCC/C(I)=C\C=C/1OCCC. The van der Waals surface area contributed by atoms with Crippen molar-refractivity contribution >= 4 is 22.6 Å². The summed E-state index contributed by atoms with van der Waals surface area (Å²) in [7, 11) is 0. The largest absolute Gasteiger partial charge is 0.493 e. The zero-order valence-electron chi connectivity index (χ0n) is 9.39. The van der Waals surface area contributed by atoms with E-state index in [0.717, 1.165) is 30.8 Å². The van der Waals surface area contributed by atoms with Crippen molar-refractivity contribution in [2.45, 2.75) is 39.0 Å². The summed E-state index contributed by atoms with van der Waals surface area (Å²) < 4.78 is 7.10. The second-order valence-electron chi connectivity index (χ2n) is 3.80. The van der Waals surface area contributed by atoms with Gasteiger partial charge in [0.15, 0.2) is 0 Å². The van der Waals surface area contributed by atoms with E-state index in [0.29, 0.717) is 0 Å². The molecule has 0 unspecified atom stereocenters. The van der Waals surface area contributed by atoms with Crippen molar-refractivity contribution in [2.24, 2.45) is 0 Å². The van der Waals surface area contributed by atoms with Crippen molar-refractivity contribution < 1.29 is 4.74 Å². The van der Waals surface area contributed by atoms with Gasteiger partial charge in [-0.2, -0.15) is 0 Å². The van der Waals surface area contributed by atoms with Crippen molar-refractivity contribution in [3.05, 3.63) is 33.6 Å². The highest BCUT2D eigenvalue weighted by atomic mass is 127. The maximum atomic E-state index is 5.70. The van der Waals surface area contributed by atoms with Crippen molar-refractivity contribution in [2.75, 3.05) is 6.61 Å². The topological polar surface area (TPSA) is 9.23 Å². The van der Waals surface area contributed by atoms with Gasteiger partial charge in [0.2, 0.25) is 0 Å². The minimum atomic E-state index is 0.787. The first-order chi connectivity index (χ1) is 7.24. The van der Waals surface area contributed by atoms with E-state index < -0.39 is 0 Å². The van der Waals surface area contributed by atoms with E-state index >= 15 is 0 Å². The van der Waals surface area contributed by atoms with Gasteiger partial charge in [0.25, 0.3) is 0 Å². The summed E-state index contributed by atoms with van der Waals surface area (Å²) in [5.74, 6) is 0.980. The Hall–Kier alpha value is -0.250. The average Bonchev–Trinajstić information content (AvgIpc) is 2.30. The summed E-state index contributed by atoms with van der Waals surface area (Å²) in [6.07, 6.45) is 9.99. The number of ether oxygens (including phenoxy) is 1. The predicted molar refractivity (Wildman–Crippen MR) is 74.0 cm³/mol. The lowest BCUT2D eigenvalue weighted by Gasteiger charge is -2.11. The zero-order chi connectivity index (χ0) is 11.1. The first kappa shape index (κ1) is 12.8. The maximum Gasteiger partial charge on any atom is 0.121 e. The van der Waals surface area contributed by atoms with Gasteiger partial charge in [-0.1, -0.05) is 13.5 Å². The highest BCUT2D eigenvalue weighted by Gasteiger charge is 2.06. The molecule has 0 aromatic rings. The molecule has 0 aromatic carbocycles. The van der Waals surface area contributed by atoms with Gasteiger partial charge in [0.05, 0.1) is 6.61 Å². The molecule has 0 bridgehead atoms. The summed E-state index contributed by atoms with van der Waals surface area (Å²) in [5.41, 5.74) is 1.14. The molecule has 0 radical (unpaired) electrons. The van der Waals surface area contributed by atoms with Crippen molar-refractivity contribution in [1.29, 1.82) is 0 Å². The molecule has 2 heteroatoms. The van der Waals surface area contributed by atoms with Gasteiger partial charge in [-0.05, 0) is 76.0 Å². The highest BCUT2D eigenvalue weighted by Crippen LogP contribution is 2.24. The molecule has 0 amide bonds. The Balaban J connectivity index is 2.70. The van der Waals surface area contributed by atoms with Crippen LogP contribution in [0.3, 0.4) is 0 Å². The van der Waals surface area contributed by atoms with E-state index in [1.165, 1.54) is 22.8 Å². The number of hydrogen-bond acceptors (Lipinski definition) is 1. The molecule has 84 valence electrons.